The van der Waals surface area contributed by atoms with Gasteiger partial charge in [0, 0.05) is 5.75 Å². The largest absolute Gasteiger partial charge is 2.00 e. The van der Waals surface area contributed by atoms with Crippen molar-refractivity contribution in [2.45, 2.75) is 12.8 Å². The van der Waals surface area contributed by atoms with Crippen LogP contribution in [0.4, 0.5) is 4.39 Å². The van der Waals surface area contributed by atoms with Gasteiger partial charge in [-0.1, -0.05) is 0 Å². The summed E-state index contributed by atoms with van der Waals surface area (Å²) in [6.45, 7) is 0.312. The minimum Gasteiger partial charge on any atom is -1.00 e. The van der Waals surface area contributed by atoms with Crippen LogP contribution in [0.1, 0.15) is 12.8 Å². The Morgan fingerprint density at radius 3 is 2.64 bits per heavy atom. The molecule has 0 atom stereocenters. The van der Waals surface area contributed by atoms with Crippen LogP contribution in [0, 0.1) is 6.07 Å². The number of hydrogen-bond donors (Lipinski definition) is 0. The molecule has 0 bridgehead atoms. The van der Waals surface area contributed by atoms with Gasteiger partial charge >= 0.3 is 23.1 Å². The maximum absolute atomic E-state index is 11.7. The molecule has 0 saturated carbocycles. The number of benzene rings is 1. The first-order valence-electron chi connectivity index (χ1n) is 4.09. The molecule has 1 aromatic rings. The SMILES string of the molecule is FCCCCOc1[c-]cccc1.[Br-].[Mg+2]. The smallest absolute Gasteiger partial charge is 1.00 e. The summed E-state index contributed by atoms with van der Waals surface area (Å²) in [6.07, 6.45) is 1.34. The maximum Gasteiger partial charge on any atom is 2.00 e. The Morgan fingerprint density at radius 2 is 2.07 bits per heavy atom. The van der Waals surface area contributed by atoms with Crippen molar-refractivity contribution >= 4 is 23.1 Å². The molecular formula is C10H12BrFMgO. The normalized spacial score (nSPS) is 8.36. The zero-order valence-corrected chi connectivity index (χ0v) is 11.0. The Kier molecular flexibility index (Phi) is 13.4. The third kappa shape index (κ3) is 7.59. The Hall–Kier alpha value is 0.196. The molecule has 0 saturated heterocycles. The summed E-state index contributed by atoms with van der Waals surface area (Å²) in [4.78, 5) is 0. The van der Waals surface area contributed by atoms with Crippen LogP contribution in [-0.4, -0.2) is 36.3 Å². The molecule has 1 rings (SSSR count). The van der Waals surface area contributed by atoms with Crippen molar-refractivity contribution in [3.8, 4) is 5.75 Å². The summed E-state index contributed by atoms with van der Waals surface area (Å²) in [6, 6.07) is 10.3. The van der Waals surface area contributed by atoms with Gasteiger partial charge in [-0.15, -0.1) is 12.1 Å². The first-order chi connectivity index (χ1) is 5.93. The van der Waals surface area contributed by atoms with Gasteiger partial charge in [-0.2, -0.15) is 18.2 Å². The fourth-order valence-electron chi connectivity index (χ4n) is 0.845. The van der Waals surface area contributed by atoms with E-state index in [1.807, 2.05) is 18.2 Å². The quantitative estimate of drug-likeness (QED) is 0.389. The Morgan fingerprint density at radius 1 is 1.29 bits per heavy atom. The Bertz CT molecular complexity index is 209. The fraction of sp³-hybridized carbons (Fsp3) is 0.400. The van der Waals surface area contributed by atoms with Crippen molar-refractivity contribution in [2.24, 2.45) is 0 Å². The molecule has 0 spiro atoms. The molecule has 0 heterocycles. The molecule has 4 heteroatoms. The van der Waals surface area contributed by atoms with E-state index in [4.69, 9.17) is 4.74 Å². The van der Waals surface area contributed by atoms with E-state index in [0.29, 0.717) is 13.0 Å². The minimum atomic E-state index is -0.262. The number of para-hydroxylation sites is 1. The van der Waals surface area contributed by atoms with Crippen molar-refractivity contribution in [1.82, 2.24) is 0 Å². The van der Waals surface area contributed by atoms with Gasteiger partial charge in [0.2, 0.25) is 0 Å². The van der Waals surface area contributed by atoms with E-state index >= 15 is 0 Å². The van der Waals surface area contributed by atoms with Crippen molar-refractivity contribution in [3.63, 3.8) is 0 Å². The third-order valence-corrected chi connectivity index (χ3v) is 1.47. The molecule has 0 radical (unpaired) electrons. The number of halogens is 2. The van der Waals surface area contributed by atoms with E-state index < -0.39 is 0 Å². The van der Waals surface area contributed by atoms with Crippen LogP contribution in [0.2, 0.25) is 0 Å². The van der Waals surface area contributed by atoms with Gasteiger partial charge in [0.25, 0.3) is 0 Å². The van der Waals surface area contributed by atoms with Crippen LogP contribution in [0.3, 0.4) is 0 Å². The van der Waals surface area contributed by atoms with Gasteiger partial charge in [0.1, 0.15) is 0 Å². The molecule has 0 aliphatic carbocycles. The molecule has 0 unspecified atom stereocenters. The van der Waals surface area contributed by atoms with E-state index in [1.54, 1.807) is 6.07 Å². The molecule has 0 aromatic heterocycles. The maximum atomic E-state index is 11.7. The Balaban J connectivity index is 0. The van der Waals surface area contributed by atoms with Gasteiger partial charge in [-0.25, -0.2) is 0 Å². The second-order valence-electron chi connectivity index (χ2n) is 2.47. The van der Waals surface area contributed by atoms with E-state index in [0.717, 1.165) is 12.2 Å². The second kappa shape index (κ2) is 11.3. The molecule has 0 aliphatic heterocycles. The molecule has 1 aromatic carbocycles. The van der Waals surface area contributed by atoms with E-state index in [-0.39, 0.29) is 46.7 Å². The van der Waals surface area contributed by atoms with Crippen molar-refractivity contribution < 1.29 is 26.1 Å². The van der Waals surface area contributed by atoms with Crippen LogP contribution >= 0.6 is 0 Å². The average molecular weight is 271 g/mol. The minimum absolute atomic E-state index is 0. The van der Waals surface area contributed by atoms with Crippen molar-refractivity contribution in [2.75, 3.05) is 13.3 Å². The van der Waals surface area contributed by atoms with E-state index in [9.17, 15) is 4.39 Å². The monoisotopic (exact) mass is 270 g/mol. The predicted molar refractivity (Wildman–Crippen MR) is 51.7 cm³/mol. The van der Waals surface area contributed by atoms with Gasteiger partial charge in [0.05, 0.1) is 13.3 Å². The summed E-state index contributed by atoms with van der Waals surface area (Å²) in [5.74, 6) is 0.733. The topological polar surface area (TPSA) is 9.23 Å². The van der Waals surface area contributed by atoms with Crippen LogP contribution in [0.5, 0.6) is 5.75 Å². The van der Waals surface area contributed by atoms with Crippen molar-refractivity contribution in [1.29, 1.82) is 0 Å². The second-order valence-corrected chi connectivity index (χ2v) is 2.47. The molecule has 74 valence electrons. The number of alkyl halides is 1. The summed E-state index contributed by atoms with van der Waals surface area (Å²) < 4.78 is 16.9. The van der Waals surface area contributed by atoms with Crippen LogP contribution in [-0.2, 0) is 0 Å². The number of hydrogen-bond acceptors (Lipinski definition) is 1. The molecule has 0 fully saturated rings. The first kappa shape index (κ1) is 16.6. The van der Waals surface area contributed by atoms with Crippen LogP contribution in [0.15, 0.2) is 24.3 Å². The fourth-order valence-corrected chi connectivity index (χ4v) is 0.845. The summed E-state index contributed by atoms with van der Waals surface area (Å²) in [7, 11) is 0. The molecule has 0 amide bonds. The molecule has 0 N–H and O–H groups in total. The number of unbranched alkanes of at least 4 members (excludes halogenated alkanes) is 1. The molecule has 0 aliphatic rings. The predicted octanol–water partition coefficient (Wildman–Crippen LogP) is -0.762. The third-order valence-electron chi connectivity index (χ3n) is 1.47. The standard InChI is InChI=1S/C10H12FO.BrH.Mg/c11-8-4-5-9-12-10-6-2-1-3-7-10;;/h1-3,6H,4-5,8-9H2;1H;/q-1;;+2/p-1. The van der Waals surface area contributed by atoms with Gasteiger partial charge in [-0.3, -0.25) is 4.39 Å². The molecule has 1 nitrogen and oxygen atoms in total. The van der Waals surface area contributed by atoms with E-state index in [1.165, 1.54) is 0 Å². The molecular weight excluding hydrogens is 259 g/mol. The zero-order valence-electron chi connectivity index (χ0n) is 8.01. The van der Waals surface area contributed by atoms with E-state index in [2.05, 4.69) is 6.07 Å². The van der Waals surface area contributed by atoms with Gasteiger partial charge < -0.3 is 21.7 Å². The van der Waals surface area contributed by atoms with Crippen LogP contribution in [0.25, 0.3) is 0 Å². The summed E-state index contributed by atoms with van der Waals surface area (Å²) in [5, 5.41) is 0. The van der Waals surface area contributed by atoms with Crippen molar-refractivity contribution in [3.05, 3.63) is 30.3 Å². The Labute approximate surface area is 111 Å². The van der Waals surface area contributed by atoms with Gasteiger partial charge in [0.15, 0.2) is 0 Å². The first-order valence-corrected chi connectivity index (χ1v) is 4.09. The number of ether oxygens (including phenoxy) is 1. The van der Waals surface area contributed by atoms with Crippen LogP contribution < -0.4 is 21.7 Å². The zero-order chi connectivity index (χ0) is 8.65. The summed E-state index contributed by atoms with van der Waals surface area (Å²) >= 11 is 0. The number of rotatable bonds is 5. The molecule has 14 heavy (non-hydrogen) atoms. The van der Waals surface area contributed by atoms with Gasteiger partial charge in [-0.05, 0) is 12.8 Å². The summed E-state index contributed by atoms with van der Waals surface area (Å²) in [5.41, 5.74) is 0. The average Bonchev–Trinajstić information content (AvgIpc) is 2.14.